The van der Waals surface area contributed by atoms with E-state index in [1.54, 1.807) is 30.1 Å². The van der Waals surface area contributed by atoms with E-state index < -0.39 is 12.5 Å². The summed E-state index contributed by atoms with van der Waals surface area (Å²) in [5.74, 6) is -2.07. The first kappa shape index (κ1) is 27.5. The van der Waals surface area contributed by atoms with Crippen LogP contribution in [0.4, 0.5) is 8.78 Å². The van der Waals surface area contributed by atoms with Crippen LogP contribution in [0.3, 0.4) is 0 Å². The number of nitrogens with one attached hydrogen (secondary N) is 1. The van der Waals surface area contributed by atoms with Crippen LogP contribution < -0.4 is 10.1 Å². The van der Waals surface area contributed by atoms with Crippen molar-refractivity contribution >= 4 is 11.8 Å². The monoisotopic (exact) mass is 540 g/mol. The smallest absolute Gasteiger partial charge is 0.278 e. The lowest BCUT2D eigenvalue weighted by atomic mass is 9.84. The van der Waals surface area contributed by atoms with Crippen LogP contribution in [0.5, 0.6) is 5.88 Å². The molecule has 210 valence electrons. The molecule has 0 unspecified atom stereocenters. The van der Waals surface area contributed by atoms with Gasteiger partial charge in [-0.05, 0) is 74.2 Å². The second-order valence-corrected chi connectivity index (χ2v) is 11.4. The Morgan fingerprint density at radius 2 is 1.90 bits per heavy atom. The second kappa shape index (κ2) is 11.6. The molecule has 0 radical (unpaired) electrons. The fraction of sp³-hybridized carbons (Fsp3) is 0.567. The van der Waals surface area contributed by atoms with Crippen molar-refractivity contribution in [1.29, 1.82) is 0 Å². The van der Waals surface area contributed by atoms with Gasteiger partial charge in [-0.15, -0.1) is 0 Å². The fourth-order valence-corrected chi connectivity index (χ4v) is 6.02. The predicted octanol–water partition coefficient (Wildman–Crippen LogP) is 4.48. The quantitative estimate of drug-likeness (QED) is 0.535. The number of alkyl halides is 2. The van der Waals surface area contributed by atoms with Gasteiger partial charge in [0.25, 0.3) is 17.7 Å². The lowest BCUT2D eigenvalue weighted by Gasteiger charge is -2.31. The summed E-state index contributed by atoms with van der Waals surface area (Å²) in [5.41, 5.74) is 4.20. The molecule has 9 heteroatoms. The van der Waals surface area contributed by atoms with Crippen LogP contribution in [0.25, 0.3) is 0 Å². The van der Waals surface area contributed by atoms with Crippen molar-refractivity contribution in [1.82, 2.24) is 20.1 Å². The number of halogens is 2. The van der Waals surface area contributed by atoms with Gasteiger partial charge in [0.15, 0.2) is 6.61 Å². The molecule has 7 nitrogen and oxygen atoms in total. The Morgan fingerprint density at radius 3 is 2.67 bits per heavy atom. The molecule has 3 heterocycles. The minimum atomic E-state index is -2.88. The van der Waals surface area contributed by atoms with Crippen LogP contribution in [0.1, 0.15) is 76.6 Å². The van der Waals surface area contributed by atoms with Gasteiger partial charge in [0, 0.05) is 69.0 Å². The highest BCUT2D eigenvalue weighted by Crippen LogP contribution is 2.29. The van der Waals surface area contributed by atoms with Gasteiger partial charge in [0.1, 0.15) is 0 Å². The molecule has 0 atom stereocenters. The molecule has 1 aliphatic carbocycles. The first-order chi connectivity index (χ1) is 18.7. The highest BCUT2D eigenvalue weighted by molar-refractivity contribution is 6.04. The summed E-state index contributed by atoms with van der Waals surface area (Å²) in [6, 6.07) is 9.23. The Balaban J connectivity index is 1.05. The number of hydrogen-bond acceptors (Lipinski definition) is 5. The topological polar surface area (TPSA) is 74.8 Å². The van der Waals surface area contributed by atoms with Crippen molar-refractivity contribution < 1.29 is 23.1 Å². The number of carbonyl (C=O) groups excluding carboxylic acids is 2. The third kappa shape index (κ3) is 6.75. The van der Waals surface area contributed by atoms with Crippen LogP contribution >= 0.6 is 0 Å². The molecular formula is C30H38F2N4O3. The molecule has 3 aliphatic rings. The van der Waals surface area contributed by atoms with Gasteiger partial charge in [-0.1, -0.05) is 12.1 Å². The van der Waals surface area contributed by atoms with Crippen LogP contribution in [-0.2, 0) is 19.4 Å². The van der Waals surface area contributed by atoms with Crippen molar-refractivity contribution in [3.05, 3.63) is 58.3 Å². The van der Waals surface area contributed by atoms with Gasteiger partial charge >= 0.3 is 0 Å². The summed E-state index contributed by atoms with van der Waals surface area (Å²) < 4.78 is 31.5. The lowest BCUT2D eigenvalue weighted by Crippen LogP contribution is -2.38. The molecule has 0 spiro atoms. The molecule has 1 fully saturated rings. The van der Waals surface area contributed by atoms with Gasteiger partial charge in [0.05, 0.1) is 0 Å². The van der Waals surface area contributed by atoms with E-state index in [1.165, 1.54) is 5.56 Å². The Kier molecular flexibility index (Phi) is 8.16. The van der Waals surface area contributed by atoms with Gasteiger partial charge in [-0.2, -0.15) is 0 Å². The van der Waals surface area contributed by atoms with E-state index in [9.17, 15) is 18.4 Å². The number of pyridine rings is 1. The third-order valence-corrected chi connectivity index (χ3v) is 8.31. The summed E-state index contributed by atoms with van der Waals surface area (Å²) in [7, 11) is 1.76. The largest absolute Gasteiger partial charge is 0.471 e. The summed E-state index contributed by atoms with van der Waals surface area (Å²) in [6.45, 7) is 3.55. The number of hydrogen-bond donors (Lipinski definition) is 1. The molecule has 0 saturated heterocycles. The molecule has 5 rings (SSSR count). The maximum Gasteiger partial charge on any atom is 0.278 e. The summed E-state index contributed by atoms with van der Waals surface area (Å²) >= 11 is 0. The number of rotatable bonds is 8. The maximum absolute atomic E-state index is 13.1. The van der Waals surface area contributed by atoms with E-state index in [2.05, 4.69) is 15.2 Å². The standard InChI is InChI=1S/C30H38F2N4O3/c1-30(31,32)19-39-27-11-8-21-13-16-36(17-14-26(21)34-27)15-12-20-6-9-22(10-7-20)33-28(37)23-4-3-5-24-25(23)18-35(2)29(24)38/h3-5,8,11,20,22H,6-7,9-10,12-19H2,1-2H3,(H,33,37)/t20-,22-. The normalized spacial score (nSPS) is 21.7. The number of fused-ring (bicyclic) bond motifs is 2. The van der Waals surface area contributed by atoms with Crippen molar-refractivity contribution in [2.24, 2.45) is 5.92 Å². The first-order valence-corrected chi connectivity index (χ1v) is 14.1. The lowest BCUT2D eigenvalue weighted by molar-refractivity contribution is -0.0243. The van der Waals surface area contributed by atoms with Crippen molar-refractivity contribution in [2.75, 3.05) is 33.3 Å². The summed E-state index contributed by atoms with van der Waals surface area (Å²) in [5, 5.41) is 3.22. The van der Waals surface area contributed by atoms with E-state index in [0.29, 0.717) is 23.6 Å². The average Bonchev–Trinajstić information content (AvgIpc) is 3.07. The van der Waals surface area contributed by atoms with Crippen LogP contribution in [0.15, 0.2) is 30.3 Å². The van der Waals surface area contributed by atoms with Gasteiger partial charge in [-0.3, -0.25) is 9.59 Å². The van der Waals surface area contributed by atoms with Crippen molar-refractivity contribution in [2.45, 2.75) is 70.4 Å². The summed E-state index contributed by atoms with van der Waals surface area (Å²) in [6.07, 6.45) is 6.95. The number of carbonyl (C=O) groups is 2. The number of aromatic nitrogens is 1. The number of amides is 2. The molecule has 2 aliphatic heterocycles. The Morgan fingerprint density at radius 1 is 1.13 bits per heavy atom. The third-order valence-electron chi connectivity index (χ3n) is 8.31. The highest BCUT2D eigenvalue weighted by atomic mass is 19.3. The van der Waals surface area contributed by atoms with Crippen molar-refractivity contribution in [3.63, 3.8) is 0 Å². The maximum atomic E-state index is 13.1. The second-order valence-electron chi connectivity index (χ2n) is 11.4. The first-order valence-electron chi connectivity index (χ1n) is 14.1. The number of benzene rings is 1. The van der Waals surface area contributed by atoms with Crippen LogP contribution in [0, 0.1) is 5.92 Å². The number of nitrogens with zero attached hydrogens (tertiary/aromatic N) is 3. The Labute approximate surface area is 228 Å². The van der Waals surface area contributed by atoms with Crippen molar-refractivity contribution in [3.8, 4) is 5.88 Å². The van der Waals surface area contributed by atoms with E-state index in [-0.39, 0.29) is 23.7 Å². The van der Waals surface area contributed by atoms with E-state index in [0.717, 1.165) is 82.8 Å². The SMILES string of the molecule is CN1Cc2c(C(=O)N[C@H]3CC[C@H](CCN4CCc5ccc(OCC(C)(F)F)nc5CC4)CC3)cccc2C1=O. The Hall–Kier alpha value is -3.07. The van der Waals surface area contributed by atoms with Crippen LogP contribution in [0.2, 0.25) is 0 Å². The fourth-order valence-electron chi connectivity index (χ4n) is 6.02. The number of ether oxygens (including phenoxy) is 1. The molecule has 1 aromatic heterocycles. The molecule has 1 saturated carbocycles. The molecule has 39 heavy (non-hydrogen) atoms. The highest BCUT2D eigenvalue weighted by Gasteiger charge is 2.30. The molecule has 1 N–H and O–H groups in total. The molecule has 2 amide bonds. The minimum Gasteiger partial charge on any atom is -0.471 e. The molecule has 2 aromatic rings. The Bertz CT molecular complexity index is 1210. The summed E-state index contributed by atoms with van der Waals surface area (Å²) in [4.78, 5) is 33.9. The van der Waals surface area contributed by atoms with Crippen LogP contribution in [-0.4, -0.2) is 71.9 Å². The zero-order valence-corrected chi connectivity index (χ0v) is 22.8. The van der Waals surface area contributed by atoms with Gasteiger partial charge in [0.2, 0.25) is 5.88 Å². The predicted molar refractivity (Wildman–Crippen MR) is 144 cm³/mol. The van der Waals surface area contributed by atoms with Gasteiger partial charge in [-0.25, -0.2) is 13.8 Å². The van der Waals surface area contributed by atoms with Gasteiger partial charge < -0.3 is 19.9 Å². The molecule has 0 bridgehead atoms. The van der Waals surface area contributed by atoms with E-state index in [1.807, 2.05) is 12.1 Å². The zero-order chi connectivity index (χ0) is 27.6. The molecular weight excluding hydrogens is 502 g/mol. The van der Waals surface area contributed by atoms with E-state index >= 15 is 0 Å². The average molecular weight is 541 g/mol. The minimum absolute atomic E-state index is 0.0252. The zero-order valence-electron chi connectivity index (χ0n) is 22.8. The molecule has 1 aromatic carbocycles. The van der Waals surface area contributed by atoms with E-state index in [4.69, 9.17) is 4.74 Å².